The molecule has 2 aliphatic rings. The van der Waals surface area contributed by atoms with E-state index >= 15 is 0 Å². The van der Waals surface area contributed by atoms with E-state index in [0.29, 0.717) is 11.4 Å². The summed E-state index contributed by atoms with van der Waals surface area (Å²) < 4.78 is 5.27. The van der Waals surface area contributed by atoms with Gasteiger partial charge in [0.15, 0.2) is 0 Å². The highest BCUT2D eigenvalue weighted by molar-refractivity contribution is 6.05. The molecule has 1 aromatic rings. The molecule has 2 unspecified atom stereocenters. The third kappa shape index (κ3) is 1.94. The van der Waals surface area contributed by atoms with Gasteiger partial charge in [0.1, 0.15) is 5.75 Å². The van der Waals surface area contributed by atoms with Crippen LogP contribution in [0.1, 0.15) is 24.8 Å². The molecule has 1 aromatic carbocycles. The minimum atomic E-state index is -0.0951. The number of anilines is 1. The predicted molar refractivity (Wildman–Crippen MR) is 73.8 cm³/mol. The van der Waals surface area contributed by atoms with E-state index in [9.17, 15) is 9.59 Å². The van der Waals surface area contributed by atoms with Gasteiger partial charge in [0.25, 0.3) is 0 Å². The van der Waals surface area contributed by atoms with E-state index in [-0.39, 0.29) is 30.2 Å². The molecular formula is C15H18N2O3. The van der Waals surface area contributed by atoms with Crippen LogP contribution >= 0.6 is 0 Å². The highest BCUT2D eigenvalue weighted by Gasteiger charge is 2.49. The number of nitrogens with zero attached hydrogens (tertiary/aromatic N) is 1. The minimum absolute atomic E-state index is 0.0311. The largest absolute Gasteiger partial charge is 0.496 e. The summed E-state index contributed by atoms with van der Waals surface area (Å²) >= 11 is 0. The van der Waals surface area contributed by atoms with Crippen LogP contribution in [0.5, 0.6) is 5.75 Å². The molecule has 1 saturated carbocycles. The second-order valence-electron chi connectivity index (χ2n) is 5.48. The standard InChI is InChI=1S/C15H18N2O3/c1-20-13-7-10(16)6-5-9(13)8-17-14(18)11-3-2-4-12(11)15(17)19/h5-7,11-12H,2-4,8,16H2,1H3. The van der Waals surface area contributed by atoms with Gasteiger partial charge in [-0.1, -0.05) is 12.5 Å². The Labute approximate surface area is 117 Å². The van der Waals surface area contributed by atoms with Crippen LogP contribution in [-0.4, -0.2) is 23.8 Å². The molecular weight excluding hydrogens is 256 g/mol. The predicted octanol–water partition coefficient (Wildman–Crippen LogP) is 1.56. The highest BCUT2D eigenvalue weighted by Crippen LogP contribution is 2.40. The quantitative estimate of drug-likeness (QED) is 0.670. The van der Waals surface area contributed by atoms with Crippen LogP contribution in [0.25, 0.3) is 0 Å². The fraction of sp³-hybridized carbons (Fsp3) is 0.467. The van der Waals surface area contributed by atoms with Crippen LogP contribution in [0.2, 0.25) is 0 Å². The van der Waals surface area contributed by atoms with Crippen molar-refractivity contribution >= 4 is 17.5 Å². The maximum Gasteiger partial charge on any atom is 0.233 e. The summed E-state index contributed by atoms with van der Waals surface area (Å²) in [5.74, 6) is 0.361. The molecule has 2 fully saturated rings. The Bertz CT molecular complexity index is 548. The van der Waals surface area contributed by atoms with Crippen molar-refractivity contribution in [2.45, 2.75) is 25.8 Å². The van der Waals surface area contributed by atoms with Gasteiger partial charge in [-0.2, -0.15) is 0 Å². The second-order valence-corrected chi connectivity index (χ2v) is 5.48. The first-order valence-corrected chi connectivity index (χ1v) is 6.89. The van der Waals surface area contributed by atoms with Crippen molar-refractivity contribution in [3.63, 3.8) is 0 Å². The molecule has 106 valence electrons. The van der Waals surface area contributed by atoms with Crippen molar-refractivity contribution in [1.82, 2.24) is 4.90 Å². The van der Waals surface area contributed by atoms with Crippen molar-refractivity contribution in [1.29, 1.82) is 0 Å². The molecule has 2 amide bonds. The lowest BCUT2D eigenvalue weighted by atomic mass is 10.00. The Hall–Kier alpha value is -2.04. The van der Waals surface area contributed by atoms with Gasteiger partial charge in [0.05, 0.1) is 25.5 Å². The van der Waals surface area contributed by atoms with Gasteiger partial charge in [-0.25, -0.2) is 0 Å². The smallest absolute Gasteiger partial charge is 0.233 e. The first-order chi connectivity index (χ1) is 9.61. The van der Waals surface area contributed by atoms with Crippen LogP contribution in [-0.2, 0) is 16.1 Å². The van der Waals surface area contributed by atoms with Gasteiger partial charge in [-0.05, 0) is 18.9 Å². The van der Waals surface area contributed by atoms with Crippen LogP contribution in [0.4, 0.5) is 5.69 Å². The molecule has 1 heterocycles. The third-order valence-electron chi connectivity index (χ3n) is 4.32. The number of rotatable bonds is 3. The highest BCUT2D eigenvalue weighted by atomic mass is 16.5. The van der Waals surface area contributed by atoms with Crippen LogP contribution in [0, 0.1) is 11.8 Å². The fourth-order valence-corrected chi connectivity index (χ4v) is 3.28. The van der Waals surface area contributed by atoms with Gasteiger partial charge in [0, 0.05) is 17.3 Å². The summed E-state index contributed by atoms with van der Waals surface area (Å²) in [6, 6.07) is 5.27. The summed E-state index contributed by atoms with van der Waals surface area (Å²) in [5.41, 5.74) is 7.12. The van der Waals surface area contributed by atoms with E-state index < -0.39 is 0 Å². The Balaban J connectivity index is 1.85. The molecule has 5 heteroatoms. The number of carbonyl (C=O) groups excluding carboxylic acids is 2. The van der Waals surface area contributed by atoms with Gasteiger partial charge in [0.2, 0.25) is 11.8 Å². The number of hydrogen-bond acceptors (Lipinski definition) is 4. The van der Waals surface area contributed by atoms with E-state index in [1.54, 1.807) is 19.2 Å². The number of amides is 2. The van der Waals surface area contributed by atoms with Gasteiger partial charge < -0.3 is 10.5 Å². The molecule has 2 atom stereocenters. The number of imide groups is 1. The number of carbonyl (C=O) groups is 2. The van der Waals surface area contributed by atoms with Crippen molar-refractivity contribution in [2.24, 2.45) is 11.8 Å². The molecule has 0 bridgehead atoms. The fourth-order valence-electron chi connectivity index (χ4n) is 3.28. The Morgan fingerprint density at radius 1 is 1.25 bits per heavy atom. The third-order valence-corrected chi connectivity index (χ3v) is 4.32. The topological polar surface area (TPSA) is 72.6 Å². The molecule has 1 saturated heterocycles. The maximum atomic E-state index is 12.3. The van der Waals surface area contributed by atoms with E-state index in [4.69, 9.17) is 10.5 Å². The lowest BCUT2D eigenvalue weighted by Crippen LogP contribution is -2.31. The lowest BCUT2D eigenvalue weighted by molar-refractivity contribution is -0.141. The summed E-state index contributed by atoms with van der Waals surface area (Å²) in [6.07, 6.45) is 2.65. The average Bonchev–Trinajstić information content (AvgIpc) is 3.00. The van der Waals surface area contributed by atoms with Crippen LogP contribution < -0.4 is 10.5 Å². The molecule has 2 N–H and O–H groups in total. The normalized spacial score (nSPS) is 25.1. The zero-order valence-corrected chi connectivity index (χ0v) is 11.5. The zero-order valence-electron chi connectivity index (χ0n) is 11.5. The molecule has 0 aromatic heterocycles. The summed E-state index contributed by atoms with van der Waals surface area (Å²) in [7, 11) is 1.56. The minimum Gasteiger partial charge on any atom is -0.496 e. The number of nitrogens with two attached hydrogens (primary N) is 1. The van der Waals surface area contributed by atoms with E-state index in [2.05, 4.69) is 0 Å². The Kier molecular flexibility index (Phi) is 3.12. The number of benzene rings is 1. The molecule has 1 aliphatic heterocycles. The average molecular weight is 274 g/mol. The monoisotopic (exact) mass is 274 g/mol. The van der Waals surface area contributed by atoms with Gasteiger partial charge in [-0.3, -0.25) is 14.5 Å². The molecule has 5 nitrogen and oxygen atoms in total. The number of methoxy groups -OCH3 is 1. The summed E-state index contributed by atoms with van der Waals surface area (Å²) in [5, 5.41) is 0. The van der Waals surface area contributed by atoms with Crippen molar-refractivity contribution in [2.75, 3.05) is 12.8 Å². The van der Waals surface area contributed by atoms with Crippen LogP contribution in [0.15, 0.2) is 18.2 Å². The number of hydrogen-bond donors (Lipinski definition) is 1. The summed E-state index contributed by atoms with van der Waals surface area (Å²) in [4.78, 5) is 26.0. The van der Waals surface area contributed by atoms with Crippen molar-refractivity contribution in [3.05, 3.63) is 23.8 Å². The molecule has 0 radical (unpaired) electrons. The number of nitrogen functional groups attached to an aromatic ring is 1. The zero-order chi connectivity index (χ0) is 14.3. The van der Waals surface area contributed by atoms with E-state index in [1.807, 2.05) is 6.07 Å². The number of ether oxygens (including phenoxy) is 1. The molecule has 3 rings (SSSR count). The van der Waals surface area contributed by atoms with Crippen LogP contribution in [0.3, 0.4) is 0 Å². The second kappa shape index (κ2) is 4.81. The summed E-state index contributed by atoms with van der Waals surface area (Å²) in [6.45, 7) is 0.272. The Morgan fingerprint density at radius 3 is 2.50 bits per heavy atom. The van der Waals surface area contributed by atoms with E-state index in [0.717, 1.165) is 24.8 Å². The van der Waals surface area contributed by atoms with Crippen molar-refractivity contribution in [3.8, 4) is 5.75 Å². The Morgan fingerprint density at radius 2 is 1.90 bits per heavy atom. The molecule has 0 spiro atoms. The molecule has 1 aliphatic carbocycles. The maximum absolute atomic E-state index is 12.3. The first kappa shape index (κ1) is 13.0. The first-order valence-electron chi connectivity index (χ1n) is 6.89. The van der Waals surface area contributed by atoms with Crippen molar-refractivity contribution < 1.29 is 14.3 Å². The number of fused-ring (bicyclic) bond motifs is 1. The lowest BCUT2D eigenvalue weighted by Gasteiger charge is -2.18. The van der Waals surface area contributed by atoms with E-state index in [1.165, 1.54) is 4.90 Å². The SMILES string of the molecule is COc1cc(N)ccc1CN1C(=O)C2CCCC2C1=O. The molecule has 20 heavy (non-hydrogen) atoms. The van der Waals surface area contributed by atoms with Gasteiger partial charge >= 0.3 is 0 Å². The van der Waals surface area contributed by atoms with Gasteiger partial charge in [-0.15, -0.1) is 0 Å². The number of likely N-dealkylation sites (tertiary alicyclic amines) is 1.